The van der Waals surface area contributed by atoms with E-state index in [0.29, 0.717) is 31.3 Å². The minimum Gasteiger partial charge on any atom is -0.455 e. The molecule has 7 nitrogen and oxygen atoms in total. The average Bonchev–Trinajstić information content (AvgIpc) is 3.62. The molecule has 4 N–H and O–H groups in total. The molecule has 1 fully saturated rings. The van der Waals surface area contributed by atoms with Crippen molar-refractivity contribution in [2.45, 2.75) is 217 Å². The molecule has 7 atom stereocenters. The van der Waals surface area contributed by atoms with Crippen molar-refractivity contribution < 1.29 is 34.7 Å². The van der Waals surface area contributed by atoms with Crippen LogP contribution in [0.5, 0.6) is 0 Å². The maximum absolute atomic E-state index is 11.6. The Morgan fingerprint density at radius 2 is 1.14 bits per heavy atom. The molecule has 2 aliphatic heterocycles. The lowest BCUT2D eigenvalue weighted by Crippen LogP contribution is -2.33. The van der Waals surface area contributed by atoms with Gasteiger partial charge in [0.1, 0.15) is 6.10 Å². The molecule has 2 heterocycles. The molecule has 0 radical (unpaired) electrons. The number of carbonyl (C=O) groups is 1. The lowest BCUT2D eigenvalue weighted by Gasteiger charge is -2.23. The number of aliphatic hydroxyl groups excluding tert-OH is 4. The zero-order valence-corrected chi connectivity index (χ0v) is 28.3. The molecule has 0 aromatic heterocycles. The molecule has 2 unspecified atom stereocenters. The van der Waals surface area contributed by atoms with E-state index in [1.54, 1.807) is 0 Å². The van der Waals surface area contributed by atoms with Gasteiger partial charge >= 0.3 is 5.97 Å². The van der Waals surface area contributed by atoms with Crippen LogP contribution in [-0.2, 0) is 14.3 Å². The van der Waals surface area contributed by atoms with Crippen LogP contribution in [-0.4, -0.2) is 69.1 Å². The first-order valence-corrected chi connectivity index (χ1v) is 18.6. The largest absolute Gasteiger partial charge is 0.455 e. The number of aliphatic hydroxyl groups is 4. The topological polar surface area (TPSA) is 116 Å². The van der Waals surface area contributed by atoms with Gasteiger partial charge in [0.05, 0.1) is 36.6 Å². The predicted molar refractivity (Wildman–Crippen MR) is 177 cm³/mol. The van der Waals surface area contributed by atoms with Gasteiger partial charge < -0.3 is 29.9 Å². The number of carbonyl (C=O) groups excluding carboxylic acids is 1. The third-order valence-corrected chi connectivity index (χ3v) is 9.62. The summed E-state index contributed by atoms with van der Waals surface area (Å²) < 4.78 is 11.1. The Hall–Kier alpha value is -0.990. The second kappa shape index (κ2) is 24.2. The molecule has 44 heavy (non-hydrogen) atoms. The van der Waals surface area contributed by atoms with E-state index < -0.39 is 18.3 Å². The molecule has 0 aromatic carbocycles. The van der Waals surface area contributed by atoms with E-state index in [1.165, 1.54) is 57.8 Å². The Bertz CT molecular complexity index is 756. The van der Waals surface area contributed by atoms with Crippen molar-refractivity contribution in [2.75, 3.05) is 0 Å². The Morgan fingerprint density at radius 1 is 0.659 bits per heavy atom. The molecule has 7 heteroatoms. The van der Waals surface area contributed by atoms with Crippen molar-refractivity contribution in [3.63, 3.8) is 0 Å². The van der Waals surface area contributed by atoms with Crippen molar-refractivity contribution in [2.24, 2.45) is 0 Å². The number of cyclic esters (lactones) is 1. The van der Waals surface area contributed by atoms with Crippen molar-refractivity contribution >= 4 is 5.97 Å². The van der Waals surface area contributed by atoms with Crippen LogP contribution in [0.3, 0.4) is 0 Å². The monoisotopic (exact) mass is 624 g/mol. The van der Waals surface area contributed by atoms with E-state index in [0.717, 1.165) is 77.0 Å². The second-order valence-corrected chi connectivity index (χ2v) is 13.8. The molecule has 2 rings (SSSR count). The lowest BCUT2D eigenvalue weighted by atomic mass is 9.98. The average molecular weight is 625 g/mol. The highest BCUT2D eigenvalue weighted by atomic mass is 16.5. The molecule has 2 aliphatic rings. The summed E-state index contributed by atoms with van der Waals surface area (Å²) in [4.78, 5) is 11.6. The molecule has 0 amide bonds. The number of ether oxygens (including phenoxy) is 2. The van der Waals surface area contributed by atoms with Crippen LogP contribution in [0.1, 0.15) is 174 Å². The summed E-state index contributed by atoms with van der Waals surface area (Å²) in [5.41, 5.74) is 0.696. The standard InChI is InChI=1S/C37H68O7/c1-3-4-5-6-7-8-9-13-16-19-22-33(40)35-25-26-36(44-35)34(41)28-32(39)21-18-15-12-10-11-14-17-20-31(38)24-23-30-27-29(2)43-37(30)42/h27,29,31-36,38-41H,3-26,28H2,1-2H3/t29-,31?,32?,33+,34-,35-,36-/m0/s1. The summed E-state index contributed by atoms with van der Waals surface area (Å²) in [5.74, 6) is -0.240. The molecular formula is C37H68O7. The van der Waals surface area contributed by atoms with Gasteiger partial charge in [0.25, 0.3) is 0 Å². The van der Waals surface area contributed by atoms with E-state index in [-0.39, 0.29) is 30.4 Å². The highest BCUT2D eigenvalue weighted by Gasteiger charge is 2.35. The minimum atomic E-state index is -0.679. The molecule has 0 aromatic rings. The predicted octanol–water partition coefficient (Wildman–Crippen LogP) is 7.84. The fraction of sp³-hybridized carbons (Fsp3) is 0.919. The Labute approximate surface area is 269 Å². The summed E-state index contributed by atoms with van der Waals surface area (Å²) >= 11 is 0. The highest BCUT2D eigenvalue weighted by molar-refractivity contribution is 5.90. The van der Waals surface area contributed by atoms with Crippen LogP contribution < -0.4 is 0 Å². The van der Waals surface area contributed by atoms with Crippen LogP contribution in [0.2, 0.25) is 0 Å². The van der Waals surface area contributed by atoms with Gasteiger partial charge in [0.2, 0.25) is 0 Å². The van der Waals surface area contributed by atoms with E-state index in [4.69, 9.17) is 9.47 Å². The Balaban J connectivity index is 1.39. The highest BCUT2D eigenvalue weighted by Crippen LogP contribution is 2.29. The van der Waals surface area contributed by atoms with E-state index in [9.17, 15) is 25.2 Å². The molecule has 0 spiro atoms. The molecule has 258 valence electrons. The van der Waals surface area contributed by atoms with Gasteiger partial charge in [-0.2, -0.15) is 0 Å². The summed E-state index contributed by atoms with van der Waals surface area (Å²) in [6.45, 7) is 4.10. The maximum Gasteiger partial charge on any atom is 0.334 e. The molecular weight excluding hydrogens is 556 g/mol. The second-order valence-electron chi connectivity index (χ2n) is 13.8. The van der Waals surface area contributed by atoms with Gasteiger partial charge in [-0.25, -0.2) is 4.79 Å². The minimum absolute atomic E-state index is 0.145. The third-order valence-electron chi connectivity index (χ3n) is 9.62. The Morgan fingerprint density at radius 3 is 1.66 bits per heavy atom. The fourth-order valence-corrected chi connectivity index (χ4v) is 6.76. The fourth-order valence-electron chi connectivity index (χ4n) is 6.76. The quantitative estimate of drug-likeness (QED) is 0.0518. The van der Waals surface area contributed by atoms with Crippen molar-refractivity contribution in [3.05, 3.63) is 11.6 Å². The Kier molecular flexibility index (Phi) is 21.6. The SMILES string of the molecule is CCCCCCCCCCCC[C@@H](O)[C@@H]1CC[C@@H]([C@@H](O)CC(O)CCCCCCCCCC(O)CCC2=C[C@H](C)OC2=O)O1. The van der Waals surface area contributed by atoms with Gasteiger partial charge in [0, 0.05) is 12.0 Å². The molecule has 0 bridgehead atoms. The summed E-state index contributed by atoms with van der Waals surface area (Å²) in [5, 5.41) is 41.9. The first-order valence-electron chi connectivity index (χ1n) is 18.6. The zero-order valence-electron chi connectivity index (χ0n) is 28.3. The van der Waals surface area contributed by atoms with Crippen LogP contribution >= 0.6 is 0 Å². The van der Waals surface area contributed by atoms with Crippen LogP contribution in [0.15, 0.2) is 11.6 Å². The van der Waals surface area contributed by atoms with Crippen LogP contribution in [0.4, 0.5) is 0 Å². The van der Waals surface area contributed by atoms with E-state index in [1.807, 2.05) is 13.0 Å². The summed E-state index contributed by atoms with van der Waals surface area (Å²) in [6.07, 6.45) is 24.9. The van der Waals surface area contributed by atoms with Gasteiger partial charge in [-0.3, -0.25) is 0 Å². The van der Waals surface area contributed by atoms with Crippen LogP contribution in [0.25, 0.3) is 0 Å². The number of hydrogen-bond donors (Lipinski definition) is 4. The van der Waals surface area contributed by atoms with Gasteiger partial charge in [-0.05, 0) is 57.9 Å². The first-order chi connectivity index (χ1) is 21.3. The van der Waals surface area contributed by atoms with Gasteiger partial charge in [-0.15, -0.1) is 0 Å². The van der Waals surface area contributed by atoms with Crippen LogP contribution in [0, 0.1) is 0 Å². The van der Waals surface area contributed by atoms with Crippen molar-refractivity contribution in [1.29, 1.82) is 0 Å². The zero-order chi connectivity index (χ0) is 32.0. The summed E-state index contributed by atoms with van der Waals surface area (Å²) in [7, 11) is 0. The van der Waals surface area contributed by atoms with Crippen molar-refractivity contribution in [1.82, 2.24) is 0 Å². The van der Waals surface area contributed by atoms with E-state index in [2.05, 4.69) is 6.92 Å². The summed E-state index contributed by atoms with van der Waals surface area (Å²) in [6, 6.07) is 0. The molecule has 1 saturated heterocycles. The number of hydrogen-bond acceptors (Lipinski definition) is 7. The normalized spacial score (nSPS) is 23.0. The molecule has 0 aliphatic carbocycles. The first kappa shape index (κ1) is 39.2. The number of unbranched alkanes of at least 4 members (excludes halogenated alkanes) is 15. The maximum atomic E-state index is 11.6. The molecule has 0 saturated carbocycles. The smallest absolute Gasteiger partial charge is 0.334 e. The third kappa shape index (κ3) is 17.6. The van der Waals surface area contributed by atoms with Crippen molar-refractivity contribution in [3.8, 4) is 0 Å². The lowest BCUT2D eigenvalue weighted by molar-refractivity contribution is -0.139. The number of rotatable bonds is 28. The van der Waals surface area contributed by atoms with Gasteiger partial charge in [0.15, 0.2) is 0 Å². The van der Waals surface area contributed by atoms with E-state index >= 15 is 0 Å². The number of esters is 1. The van der Waals surface area contributed by atoms with Gasteiger partial charge in [-0.1, -0.05) is 116 Å².